The minimum atomic E-state index is 0.224. The maximum absolute atomic E-state index is 11.0. The molecule has 0 N–H and O–H groups in total. The molecule has 54 valence electrons. The fraction of sp³-hybridized carbons (Fsp3) is 0.375. The minimum Gasteiger partial charge on any atom is -0.346 e. The van der Waals surface area contributed by atoms with Crippen LogP contribution < -0.4 is 0 Å². The van der Waals surface area contributed by atoms with Gasteiger partial charge >= 0.3 is 0 Å². The average molecular weight is 137 g/mol. The number of likely N-dealkylation sites (tertiary alicyclic amines) is 1. The van der Waals surface area contributed by atoms with Crippen molar-refractivity contribution in [2.24, 2.45) is 0 Å². The van der Waals surface area contributed by atoms with E-state index in [1.165, 1.54) is 0 Å². The number of Topliss-reactive ketones (excluding diaryl/α,β-unsaturated/α-hetero) is 1. The first-order chi connectivity index (χ1) is 4.79. The molecule has 0 saturated carbocycles. The van der Waals surface area contributed by atoms with E-state index in [4.69, 9.17) is 0 Å². The molecule has 0 spiro atoms. The number of rotatable bonds is 1. The smallest absolute Gasteiger partial charge is 0.180 e. The van der Waals surface area contributed by atoms with Crippen LogP contribution in [-0.4, -0.2) is 17.2 Å². The molecule has 0 aromatic rings. The van der Waals surface area contributed by atoms with Gasteiger partial charge in [0.1, 0.15) is 0 Å². The summed E-state index contributed by atoms with van der Waals surface area (Å²) in [4.78, 5) is 12.9. The van der Waals surface area contributed by atoms with Gasteiger partial charge in [0.05, 0.1) is 5.70 Å². The highest BCUT2D eigenvalue weighted by Gasteiger charge is 2.21. The Bertz CT molecular complexity index is 193. The van der Waals surface area contributed by atoms with E-state index in [9.17, 15) is 4.79 Å². The Morgan fingerprint density at radius 3 is 2.80 bits per heavy atom. The zero-order chi connectivity index (χ0) is 7.56. The molecule has 2 heteroatoms. The van der Waals surface area contributed by atoms with Crippen LogP contribution in [0.1, 0.15) is 13.3 Å². The topological polar surface area (TPSA) is 20.3 Å². The van der Waals surface area contributed by atoms with Crippen molar-refractivity contribution in [3.63, 3.8) is 0 Å². The van der Waals surface area contributed by atoms with E-state index in [0.717, 1.165) is 12.2 Å². The maximum Gasteiger partial charge on any atom is 0.180 e. The molecule has 0 amide bonds. The number of carbonyl (C=O) groups excluding carboxylic acids is 1. The lowest BCUT2D eigenvalue weighted by atomic mass is 10.3. The van der Waals surface area contributed by atoms with Crippen LogP contribution >= 0.6 is 0 Å². The van der Waals surface area contributed by atoms with Crippen molar-refractivity contribution < 1.29 is 4.79 Å². The molecule has 1 fully saturated rings. The first-order valence-corrected chi connectivity index (χ1v) is 3.38. The molecule has 1 aliphatic heterocycles. The van der Waals surface area contributed by atoms with Crippen molar-refractivity contribution in [3.05, 3.63) is 24.6 Å². The molecule has 0 bridgehead atoms. The third-order valence-corrected chi connectivity index (χ3v) is 1.67. The Balaban J connectivity index is 2.82. The van der Waals surface area contributed by atoms with Crippen LogP contribution in [0.5, 0.6) is 0 Å². The molecule has 2 nitrogen and oxygen atoms in total. The molecule has 0 aliphatic carbocycles. The van der Waals surface area contributed by atoms with Gasteiger partial charge in [-0.15, -0.1) is 0 Å². The van der Waals surface area contributed by atoms with Gasteiger partial charge in [0.15, 0.2) is 5.78 Å². The zero-order valence-electron chi connectivity index (χ0n) is 6.13. The average Bonchev–Trinajstić information content (AvgIpc) is 2.30. The summed E-state index contributed by atoms with van der Waals surface area (Å²) in [5.74, 6) is 0.224. The van der Waals surface area contributed by atoms with Crippen molar-refractivity contribution in [1.29, 1.82) is 0 Å². The number of ketones is 1. The van der Waals surface area contributed by atoms with Gasteiger partial charge < -0.3 is 4.90 Å². The predicted molar refractivity (Wildman–Crippen MR) is 40.3 cm³/mol. The van der Waals surface area contributed by atoms with Crippen LogP contribution in [0.4, 0.5) is 0 Å². The molecule has 1 rings (SSSR count). The molecule has 1 heterocycles. The summed E-state index contributed by atoms with van der Waals surface area (Å²) in [7, 11) is 0. The van der Waals surface area contributed by atoms with Gasteiger partial charge in [-0.1, -0.05) is 12.7 Å². The third-order valence-electron chi connectivity index (χ3n) is 1.67. The van der Waals surface area contributed by atoms with Gasteiger partial charge in [0, 0.05) is 13.0 Å². The predicted octanol–water partition coefficient (Wildman–Crippen LogP) is 1.31. The monoisotopic (exact) mass is 137 g/mol. The van der Waals surface area contributed by atoms with Gasteiger partial charge in [-0.05, 0) is 13.1 Å². The molecule has 0 unspecified atom stereocenters. The number of carbonyl (C=O) groups is 1. The lowest BCUT2D eigenvalue weighted by Gasteiger charge is -2.10. The molecule has 10 heavy (non-hydrogen) atoms. The van der Waals surface area contributed by atoms with Crippen LogP contribution in [0.3, 0.4) is 0 Å². The number of nitrogens with zero attached hydrogens (tertiary/aromatic N) is 1. The summed E-state index contributed by atoms with van der Waals surface area (Å²) in [5.41, 5.74) is 0.787. The fourth-order valence-corrected chi connectivity index (χ4v) is 1.15. The molecule has 0 aromatic carbocycles. The van der Waals surface area contributed by atoms with Crippen molar-refractivity contribution in [3.8, 4) is 0 Å². The van der Waals surface area contributed by atoms with Crippen LogP contribution in [-0.2, 0) is 4.79 Å². The van der Waals surface area contributed by atoms with Crippen LogP contribution in [0.25, 0.3) is 0 Å². The standard InChI is InChI=1S/C8H11NO/c1-3-7-8(10)5-6-9(7)4-2/h3-4H,2,5-6H2,1H3/b7-3+. The van der Waals surface area contributed by atoms with Gasteiger partial charge in [-0.25, -0.2) is 0 Å². The highest BCUT2D eigenvalue weighted by molar-refractivity contribution is 5.97. The fourth-order valence-electron chi connectivity index (χ4n) is 1.15. The van der Waals surface area contributed by atoms with Crippen molar-refractivity contribution in [2.45, 2.75) is 13.3 Å². The number of hydrogen-bond donors (Lipinski definition) is 0. The van der Waals surface area contributed by atoms with Crippen molar-refractivity contribution in [1.82, 2.24) is 4.90 Å². The summed E-state index contributed by atoms with van der Waals surface area (Å²) in [6, 6.07) is 0. The lowest BCUT2D eigenvalue weighted by Crippen LogP contribution is -2.09. The van der Waals surface area contributed by atoms with Gasteiger partial charge in [-0.2, -0.15) is 0 Å². The second-order valence-electron chi connectivity index (χ2n) is 2.22. The minimum absolute atomic E-state index is 0.224. The highest BCUT2D eigenvalue weighted by atomic mass is 16.1. The van der Waals surface area contributed by atoms with E-state index < -0.39 is 0 Å². The summed E-state index contributed by atoms with van der Waals surface area (Å²) in [6.45, 7) is 6.27. The Labute approximate surface area is 60.8 Å². The molecule has 1 saturated heterocycles. The second kappa shape index (κ2) is 2.69. The number of allylic oxidation sites excluding steroid dienone is 2. The second-order valence-corrected chi connectivity index (χ2v) is 2.22. The van der Waals surface area contributed by atoms with Gasteiger partial charge in [-0.3, -0.25) is 4.79 Å². The SMILES string of the molecule is C=CN1CCC(=O)/C1=C\C. The lowest BCUT2D eigenvalue weighted by molar-refractivity contribution is -0.114. The van der Waals surface area contributed by atoms with E-state index >= 15 is 0 Å². The van der Waals surface area contributed by atoms with Crippen molar-refractivity contribution >= 4 is 5.78 Å². The normalized spacial score (nSPS) is 22.3. The van der Waals surface area contributed by atoms with Gasteiger partial charge in [0.2, 0.25) is 0 Å². The maximum atomic E-state index is 11.0. The first-order valence-electron chi connectivity index (χ1n) is 3.38. The Hall–Kier alpha value is -1.05. The number of hydrogen-bond acceptors (Lipinski definition) is 2. The molecule has 1 aliphatic rings. The Kier molecular flexibility index (Phi) is 1.90. The molecule has 0 radical (unpaired) electrons. The van der Waals surface area contributed by atoms with E-state index in [1.54, 1.807) is 6.20 Å². The van der Waals surface area contributed by atoms with Crippen molar-refractivity contribution in [2.75, 3.05) is 6.54 Å². The van der Waals surface area contributed by atoms with Crippen LogP contribution in [0, 0.1) is 0 Å². The summed E-state index contributed by atoms with van der Waals surface area (Å²) in [5, 5.41) is 0. The quantitative estimate of drug-likeness (QED) is 0.508. The summed E-state index contributed by atoms with van der Waals surface area (Å²) in [6.07, 6.45) is 4.16. The summed E-state index contributed by atoms with van der Waals surface area (Å²) >= 11 is 0. The van der Waals surface area contributed by atoms with Crippen LogP contribution in [0.15, 0.2) is 24.6 Å². The van der Waals surface area contributed by atoms with E-state index in [2.05, 4.69) is 6.58 Å². The largest absolute Gasteiger partial charge is 0.346 e. The Morgan fingerprint density at radius 2 is 2.40 bits per heavy atom. The first kappa shape index (κ1) is 7.06. The van der Waals surface area contributed by atoms with E-state index in [0.29, 0.717) is 6.42 Å². The molecular weight excluding hydrogens is 126 g/mol. The highest BCUT2D eigenvalue weighted by Crippen LogP contribution is 2.16. The zero-order valence-corrected chi connectivity index (χ0v) is 6.13. The molecule has 0 aromatic heterocycles. The molecule has 0 atom stereocenters. The van der Waals surface area contributed by atoms with E-state index in [-0.39, 0.29) is 5.78 Å². The molecular formula is C8H11NO. The Morgan fingerprint density at radius 1 is 1.70 bits per heavy atom. The van der Waals surface area contributed by atoms with Crippen LogP contribution in [0.2, 0.25) is 0 Å². The summed E-state index contributed by atoms with van der Waals surface area (Å²) < 4.78 is 0. The van der Waals surface area contributed by atoms with E-state index in [1.807, 2.05) is 17.9 Å². The van der Waals surface area contributed by atoms with Gasteiger partial charge in [0.25, 0.3) is 0 Å². The third kappa shape index (κ3) is 0.967.